The number of H-pyrrole nitrogens is 1. The van der Waals surface area contributed by atoms with E-state index in [0.29, 0.717) is 5.69 Å². The van der Waals surface area contributed by atoms with E-state index in [2.05, 4.69) is 27.5 Å². The van der Waals surface area contributed by atoms with Gasteiger partial charge in [0.1, 0.15) is 0 Å². The highest BCUT2D eigenvalue weighted by molar-refractivity contribution is 5.87. The van der Waals surface area contributed by atoms with Crippen molar-refractivity contribution in [3.8, 4) is 0 Å². The van der Waals surface area contributed by atoms with Crippen LogP contribution in [0.1, 0.15) is 57.6 Å². The Kier molecular flexibility index (Phi) is 9.70. The fourth-order valence-electron chi connectivity index (χ4n) is 2.28. The van der Waals surface area contributed by atoms with E-state index in [1.54, 1.807) is 0 Å². The third-order valence-corrected chi connectivity index (χ3v) is 3.46. The topological polar surface area (TPSA) is 107 Å². The van der Waals surface area contributed by atoms with Crippen molar-refractivity contribution in [1.29, 1.82) is 0 Å². The zero-order valence-corrected chi connectivity index (χ0v) is 13.9. The van der Waals surface area contributed by atoms with Crippen LogP contribution in [0.2, 0.25) is 0 Å². The summed E-state index contributed by atoms with van der Waals surface area (Å²) in [5, 5.41) is 13.5. The number of unbranched alkanes of at least 4 members (excludes halogenated alkanes) is 6. The zero-order chi connectivity index (χ0) is 16.9. The number of aromatic nitrogens is 2. The Labute approximate surface area is 136 Å². The Balaban J connectivity index is 2.38. The van der Waals surface area contributed by atoms with Gasteiger partial charge < -0.3 is 10.4 Å². The Morgan fingerprint density at radius 3 is 2.61 bits per heavy atom. The number of nitrogens with one attached hydrogen (secondary N) is 3. The lowest BCUT2D eigenvalue weighted by molar-refractivity contribution is 0.244. The number of carbonyl (C=O) groups excluding carboxylic acids is 1. The van der Waals surface area contributed by atoms with Crippen LogP contribution in [-0.2, 0) is 6.42 Å². The first kappa shape index (κ1) is 19.2. The number of aliphatic hydroxyl groups excluding tert-OH is 1. The number of hydrogen-bond acceptors (Lipinski definition) is 4. The van der Waals surface area contributed by atoms with Crippen molar-refractivity contribution < 1.29 is 9.90 Å². The van der Waals surface area contributed by atoms with E-state index in [4.69, 9.17) is 5.11 Å². The molecule has 4 N–H and O–H groups in total. The van der Waals surface area contributed by atoms with Crippen LogP contribution in [-0.4, -0.2) is 34.3 Å². The second-order valence-corrected chi connectivity index (χ2v) is 5.56. The monoisotopic (exact) mass is 324 g/mol. The Morgan fingerprint density at radius 2 is 1.91 bits per heavy atom. The lowest BCUT2D eigenvalue weighted by Gasteiger charge is -2.07. The van der Waals surface area contributed by atoms with Gasteiger partial charge in [-0.15, -0.1) is 0 Å². The molecule has 1 heterocycles. The third kappa shape index (κ3) is 8.97. The largest absolute Gasteiger partial charge is 0.395 e. The molecule has 0 unspecified atom stereocenters. The normalized spacial score (nSPS) is 10.5. The second-order valence-electron chi connectivity index (χ2n) is 5.56. The number of aliphatic hydroxyl groups is 1. The van der Waals surface area contributed by atoms with Crippen LogP contribution >= 0.6 is 0 Å². The molecule has 0 atom stereocenters. The van der Waals surface area contributed by atoms with Gasteiger partial charge in [-0.05, 0) is 12.8 Å². The van der Waals surface area contributed by atoms with Gasteiger partial charge in [0.25, 0.3) is 5.56 Å². The number of aromatic amines is 1. The predicted octanol–water partition coefficient (Wildman–Crippen LogP) is 2.18. The molecule has 0 aromatic carbocycles. The van der Waals surface area contributed by atoms with Crippen LogP contribution in [0, 0.1) is 0 Å². The van der Waals surface area contributed by atoms with Crippen LogP contribution in [0.3, 0.4) is 0 Å². The molecule has 130 valence electrons. The first-order valence-corrected chi connectivity index (χ1v) is 8.41. The molecular formula is C16H28N4O3. The van der Waals surface area contributed by atoms with Crippen molar-refractivity contribution in [3.05, 3.63) is 22.1 Å². The minimum absolute atomic E-state index is 0.130. The summed E-state index contributed by atoms with van der Waals surface area (Å²) in [6.45, 7) is 2.21. The van der Waals surface area contributed by atoms with Gasteiger partial charge in [-0.3, -0.25) is 15.1 Å². The molecule has 0 aliphatic heterocycles. The number of hydrogen-bond donors (Lipinski definition) is 4. The summed E-state index contributed by atoms with van der Waals surface area (Å²) < 4.78 is 0. The molecule has 7 nitrogen and oxygen atoms in total. The van der Waals surface area contributed by atoms with E-state index in [1.807, 2.05) is 0 Å². The smallest absolute Gasteiger partial charge is 0.321 e. The lowest BCUT2D eigenvalue weighted by atomic mass is 10.1. The SMILES string of the molecule is CCCCCCCCCc1cc(=O)[nH]c(NC(=O)NCCO)n1. The molecular weight excluding hydrogens is 296 g/mol. The molecule has 1 rings (SSSR count). The first-order chi connectivity index (χ1) is 11.2. The maximum absolute atomic E-state index is 11.6. The van der Waals surface area contributed by atoms with Gasteiger partial charge in [0.15, 0.2) is 0 Å². The Morgan fingerprint density at radius 1 is 1.22 bits per heavy atom. The van der Waals surface area contributed by atoms with Crippen molar-refractivity contribution in [2.24, 2.45) is 0 Å². The van der Waals surface area contributed by atoms with Crippen LogP contribution in [0.5, 0.6) is 0 Å². The minimum atomic E-state index is -0.504. The van der Waals surface area contributed by atoms with E-state index in [9.17, 15) is 9.59 Å². The number of rotatable bonds is 11. The van der Waals surface area contributed by atoms with Gasteiger partial charge in [-0.1, -0.05) is 45.4 Å². The average molecular weight is 324 g/mol. The molecule has 0 spiro atoms. The number of anilines is 1. The molecule has 0 fully saturated rings. The number of aryl methyl sites for hydroxylation is 1. The van der Waals surface area contributed by atoms with E-state index < -0.39 is 6.03 Å². The highest BCUT2D eigenvalue weighted by Crippen LogP contribution is 2.09. The van der Waals surface area contributed by atoms with Gasteiger partial charge in [0, 0.05) is 18.3 Å². The highest BCUT2D eigenvalue weighted by atomic mass is 16.3. The molecule has 0 aliphatic carbocycles. The average Bonchev–Trinajstić information content (AvgIpc) is 2.51. The lowest BCUT2D eigenvalue weighted by Crippen LogP contribution is -2.32. The van der Waals surface area contributed by atoms with E-state index in [-0.39, 0.29) is 24.7 Å². The summed E-state index contributed by atoms with van der Waals surface area (Å²) in [6.07, 6.45) is 9.13. The molecule has 7 heteroatoms. The van der Waals surface area contributed by atoms with E-state index in [0.717, 1.165) is 19.3 Å². The van der Waals surface area contributed by atoms with Crippen LogP contribution in [0.4, 0.5) is 10.7 Å². The fraction of sp³-hybridized carbons (Fsp3) is 0.688. The summed E-state index contributed by atoms with van der Waals surface area (Å²) in [5.41, 5.74) is 0.398. The van der Waals surface area contributed by atoms with Crippen LogP contribution < -0.4 is 16.2 Å². The van der Waals surface area contributed by atoms with Gasteiger partial charge in [-0.2, -0.15) is 0 Å². The molecule has 2 amide bonds. The summed E-state index contributed by atoms with van der Waals surface area (Å²) in [7, 11) is 0. The second kappa shape index (κ2) is 11.6. The van der Waals surface area contributed by atoms with E-state index in [1.165, 1.54) is 38.2 Å². The van der Waals surface area contributed by atoms with Crippen molar-refractivity contribution in [2.45, 2.75) is 58.3 Å². The fourth-order valence-corrected chi connectivity index (χ4v) is 2.28. The number of carbonyl (C=O) groups is 1. The number of amides is 2. The molecule has 0 radical (unpaired) electrons. The maximum atomic E-state index is 11.6. The standard InChI is InChI=1S/C16H28N4O3/c1-2-3-4-5-6-7-8-9-13-12-14(22)19-15(18-13)20-16(23)17-10-11-21/h12,21H,2-11H2,1H3,(H3,17,18,19,20,22,23). The van der Waals surface area contributed by atoms with Crippen LogP contribution in [0.15, 0.2) is 10.9 Å². The number of nitrogens with zero attached hydrogens (tertiary/aromatic N) is 1. The predicted molar refractivity (Wildman–Crippen MR) is 90.7 cm³/mol. The van der Waals surface area contributed by atoms with E-state index >= 15 is 0 Å². The Hall–Kier alpha value is -1.89. The van der Waals surface area contributed by atoms with Crippen molar-refractivity contribution >= 4 is 12.0 Å². The van der Waals surface area contributed by atoms with Crippen LogP contribution in [0.25, 0.3) is 0 Å². The van der Waals surface area contributed by atoms with Crippen molar-refractivity contribution in [3.63, 3.8) is 0 Å². The molecule has 1 aromatic heterocycles. The van der Waals surface area contributed by atoms with Gasteiger partial charge in [0.05, 0.1) is 6.61 Å². The summed E-state index contributed by atoms with van der Waals surface area (Å²) in [5.74, 6) is 0.130. The summed E-state index contributed by atoms with van der Waals surface area (Å²) in [6, 6.07) is 0.962. The Bertz CT molecular complexity index is 516. The summed E-state index contributed by atoms with van der Waals surface area (Å²) >= 11 is 0. The maximum Gasteiger partial charge on any atom is 0.321 e. The van der Waals surface area contributed by atoms with Crippen molar-refractivity contribution in [1.82, 2.24) is 15.3 Å². The highest BCUT2D eigenvalue weighted by Gasteiger charge is 2.05. The zero-order valence-electron chi connectivity index (χ0n) is 13.9. The molecule has 0 aliphatic rings. The first-order valence-electron chi connectivity index (χ1n) is 8.41. The molecule has 1 aromatic rings. The molecule has 0 saturated heterocycles. The quantitative estimate of drug-likeness (QED) is 0.468. The van der Waals surface area contributed by atoms with Gasteiger partial charge in [-0.25, -0.2) is 9.78 Å². The molecule has 0 bridgehead atoms. The van der Waals surface area contributed by atoms with Gasteiger partial charge in [0.2, 0.25) is 5.95 Å². The minimum Gasteiger partial charge on any atom is -0.395 e. The molecule has 0 saturated carbocycles. The summed E-state index contributed by atoms with van der Waals surface area (Å²) in [4.78, 5) is 29.8. The molecule has 23 heavy (non-hydrogen) atoms. The van der Waals surface area contributed by atoms with Gasteiger partial charge >= 0.3 is 6.03 Å². The number of urea groups is 1. The third-order valence-electron chi connectivity index (χ3n) is 3.46. The van der Waals surface area contributed by atoms with Crippen molar-refractivity contribution in [2.75, 3.05) is 18.5 Å².